The van der Waals surface area contributed by atoms with Gasteiger partial charge in [-0.05, 0) is 29.8 Å². The van der Waals surface area contributed by atoms with Gasteiger partial charge in [0.25, 0.3) is 0 Å². The second kappa shape index (κ2) is 6.78. The topological polar surface area (TPSA) is 0 Å². The molecule has 0 N–H and O–H groups in total. The van der Waals surface area contributed by atoms with Gasteiger partial charge in [-0.2, -0.15) is 0 Å². The lowest BCUT2D eigenvalue weighted by Crippen LogP contribution is -2.28. The number of hydrogen-bond donors (Lipinski definition) is 0. The van der Waals surface area contributed by atoms with Crippen LogP contribution in [0.5, 0.6) is 0 Å². The highest BCUT2D eigenvalue weighted by atomic mass is 19.2. The Kier molecular flexibility index (Phi) is 5.37. The summed E-state index contributed by atoms with van der Waals surface area (Å²) in [7, 11) is 1.52. The van der Waals surface area contributed by atoms with Crippen LogP contribution in [0.3, 0.4) is 0 Å². The largest absolute Gasteiger partial charge is 0.241 e. The van der Waals surface area contributed by atoms with Crippen molar-refractivity contribution in [3.63, 3.8) is 0 Å². The highest BCUT2D eigenvalue weighted by molar-refractivity contribution is 6.17. The molecule has 0 fully saturated rings. The average molecular weight is 378 g/mol. The Morgan fingerprint density at radius 1 is 0.923 bits per heavy atom. The Morgan fingerprint density at radius 2 is 1.38 bits per heavy atom. The first-order chi connectivity index (χ1) is 11.9. The van der Waals surface area contributed by atoms with E-state index < -0.39 is 63.5 Å². The lowest BCUT2D eigenvalue weighted by molar-refractivity contribution is 0.282. The van der Waals surface area contributed by atoms with Crippen molar-refractivity contribution in [2.24, 2.45) is 0 Å². The summed E-state index contributed by atoms with van der Waals surface area (Å²) in [5, 5.41) is -0.986. The highest BCUT2D eigenvalue weighted by Crippen LogP contribution is 2.51. The third kappa shape index (κ3) is 2.97. The molecular weight excluding hydrogens is 360 g/mol. The number of rotatable bonds is 3. The van der Waals surface area contributed by atoms with Crippen LogP contribution in [0, 0.1) is 23.3 Å². The molecule has 1 aromatic carbocycles. The van der Waals surface area contributed by atoms with E-state index in [1.54, 1.807) is 0 Å². The van der Waals surface area contributed by atoms with E-state index in [0.29, 0.717) is 0 Å². The molecule has 0 aromatic heterocycles. The van der Waals surface area contributed by atoms with Crippen LogP contribution >= 0.6 is 0 Å². The van der Waals surface area contributed by atoms with Crippen LogP contribution in [0.15, 0.2) is 22.8 Å². The average Bonchev–Trinajstić information content (AvgIpc) is 2.54. The van der Waals surface area contributed by atoms with E-state index in [1.165, 1.54) is 28.6 Å². The molecule has 0 nitrogen and oxygen atoms in total. The molecule has 0 amide bonds. The summed E-state index contributed by atoms with van der Waals surface area (Å²) in [4.78, 5) is 0. The second-order valence-corrected chi connectivity index (χ2v) is 7.35. The Labute approximate surface area is 148 Å². The Morgan fingerprint density at radius 3 is 1.77 bits per heavy atom. The molecule has 0 heterocycles. The molecule has 0 radical (unpaired) electrons. The van der Waals surface area contributed by atoms with Gasteiger partial charge in [0.1, 0.15) is 19.8 Å². The van der Waals surface area contributed by atoms with E-state index in [0.717, 1.165) is 6.92 Å². The monoisotopic (exact) mass is 378 g/mol. The third-order valence-corrected chi connectivity index (χ3v) is 4.61. The molecule has 8 heteroatoms. The molecule has 0 bridgehead atoms. The molecule has 1 aliphatic carbocycles. The van der Waals surface area contributed by atoms with Crippen LogP contribution in [-0.2, 0) is 6.42 Å². The molecule has 2 rings (SSSR count). The molecule has 0 saturated carbocycles. The van der Waals surface area contributed by atoms with E-state index in [4.69, 9.17) is 0 Å². The van der Waals surface area contributed by atoms with Crippen LogP contribution in [-0.4, -0.2) is 14.0 Å². The lowest BCUT2D eigenvalue weighted by Gasteiger charge is -2.34. The van der Waals surface area contributed by atoms with Gasteiger partial charge in [-0.15, -0.1) is 0 Å². The molecule has 26 heavy (non-hydrogen) atoms. The van der Waals surface area contributed by atoms with Crippen LogP contribution in [0.4, 0.5) is 30.7 Å². The molecule has 0 saturated heterocycles. The van der Waals surface area contributed by atoms with Crippen molar-refractivity contribution in [2.45, 2.75) is 51.5 Å². The van der Waals surface area contributed by atoms with E-state index in [-0.39, 0.29) is 17.6 Å². The summed E-state index contributed by atoms with van der Waals surface area (Å²) >= 11 is 0. The van der Waals surface area contributed by atoms with E-state index in [1.807, 2.05) is 0 Å². The summed E-state index contributed by atoms with van der Waals surface area (Å²) in [6, 6.07) is 0. The fourth-order valence-electron chi connectivity index (χ4n) is 3.42. The maximum Gasteiger partial charge on any atom is 0.166 e. The van der Waals surface area contributed by atoms with Gasteiger partial charge in [-0.3, -0.25) is 0 Å². The van der Waals surface area contributed by atoms with Gasteiger partial charge in [0.05, 0.1) is 5.92 Å². The molecule has 2 atom stereocenters. The van der Waals surface area contributed by atoms with Crippen LogP contribution in [0.1, 0.15) is 44.7 Å². The first kappa shape index (κ1) is 20.6. The summed E-state index contributed by atoms with van der Waals surface area (Å²) in [5.41, 5.74) is -2.90. The predicted molar refractivity (Wildman–Crippen MR) is 87.8 cm³/mol. The summed E-state index contributed by atoms with van der Waals surface area (Å²) in [6.45, 7) is 5.46. The van der Waals surface area contributed by atoms with Crippen molar-refractivity contribution >= 4 is 7.85 Å². The fraction of sp³-hybridized carbons (Fsp3) is 0.444. The minimum absolute atomic E-state index is 0.273. The number of halogens is 7. The van der Waals surface area contributed by atoms with Crippen LogP contribution < -0.4 is 0 Å². The van der Waals surface area contributed by atoms with Crippen LogP contribution in [0.2, 0.25) is 5.31 Å². The minimum Gasteiger partial charge on any atom is -0.241 e. The van der Waals surface area contributed by atoms with E-state index in [9.17, 15) is 30.7 Å². The minimum atomic E-state index is -2.43. The Bertz CT molecular complexity index is 789. The zero-order valence-electron chi connectivity index (χ0n) is 15.0. The molecule has 1 aliphatic rings. The SMILES string of the molecule is BC(C)(C)C1=C(C)[C@H](F)[C@H](c2c(F)c(F)c(CC)c(F)c2F)C(F)=C1F. The molecule has 0 aliphatic heterocycles. The van der Waals surface area contributed by atoms with Crippen molar-refractivity contribution in [1.29, 1.82) is 0 Å². The zero-order valence-corrected chi connectivity index (χ0v) is 15.0. The maximum absolute atomic E-state index is 14.9. The number of allylic oxidation sites excluding steroid dienone is 4. The quantitative estimate of drug-likeness (QED) is 0.368. The molecule has 0 spiro atoms. The van der Waals surface area contributed by atoms with Crippen molar-refractivity contribution in [2.75, 3.05) is 0 Å². The summed E-state index contributed by atoms with van der Waals surface area (Å²) < 4.78 is 101. The first-order valence-corrected chi connectivity index (χ1v) is 8.11. The third-order valence-electron chi connectivity index (χ3n) is 4.61. The fourth-order valence-corrected chi connectivity index (χ4v) is 3.42. The van der Waals surface area contributed by atoms with Gasteiger partial charge >= 0.3 is 0 Å². The van der Waals surface area contributed by atoms with Gasteiger partial charge in [-0.25, -0.2) is 30.7 Å². The van der Waals surface area contributed by atoms with Crippen molar-refractivity contribution in [3.8, 4) is 0 Å². The lowest BCUT2D eigenvalue weighted by atomic mass is 9.62. The Hall–Kier alpha value is -1.73. The van der Waals surface area contributed by atoms with E-state index in [2.05, 4.69) is 0 Å². The first-order valence-electron chi connectivity index (χ1n) is 8.11. The molecular formula is C18H18BF7. The van der Waals surface area contributed by atoms with Gasteiger partial charge in [0.15, 0.2) is 29.1 Å². The number of alkyl halides is 1. The Balaban J connectivity index is 2.79. The van der Waals surface area contributed by atoms with Crippen molar-refractivity contribution in [3.05, 3.63) is 57.2 Å². The smallest absolute Gasteiger partial charge is 0.166 e. The van der Waals surface area contributed by atoms with Crippen molar-refractivity contribution in [1.82, 2.24) is 0 Å². The van der Waals surface area contributed by atoms with Crippen LogP contribution in [0.25, 0.3) is 0 Å². The standard InChI is InChI=1S/C18H18BF7/c1-5-7-12(21)14(23)9(15(24)13(7)22)8-11(20)6(2)10(18(3,4)19)17(26)16(8)25/h8,11H,5,19H2,1-4H3/t8-,11-/m0/s1. The predicted octanol–water partition coefficient (Wildman–Crippen LogP) is 5.54. The molecule has 0 unspecified atom stereocenters. The van der Waals surface area contributed by atoms with Gasteiger partial charge in [0, 0.05) is 11.1 Å². The normalized spacial score (nSPS) is 21.7. The maximum atomic E-state index is 14.9. The highest BCUT2D eigenvalue weighted by Gasteiger charge is 2.44. The summed E-state index contributed by atoms with van der Waals surface area (Å²) in [5.74, 6) is -13.0. The van der Waals surface area contributed by atoms with Gasteiger partial charge < -0.3 is 0 Å². The molecule has 142 valence electrons. The summed E-state index contributed by atoms with van der Waals surface area (Å²) in [6.07, 6.45) is -2.74. The second-order valence-electron chi connectivity index (χ2n) is 7.35. The number of hydrogen-bond acceptors (Lipinski definition) is 0. The van der Waals surface area contributed by atoms with Crippen molar-refractivity contribution < 1.29 is 30.7 Å². The molecule has 1 aromatic rings. The number of benzene rings is 1. The van der Waals surface area contributed by atoms with Gasteiger partial charge in [0.2, 0.25) is 0 Å². The van der Waals surface area contributed by atoms with Gasteiger partial charge in [-0.1, -0.05) is 20.8 Å². The zero-order chi connectivity index (χ0) is 20.1. The van der Waals surface area contributed by atoms with E-state index >= 15 is 0 Å².